The fourth-order valence-corrected chi connectivity index (χ4v) is 2.27. The number of benzene rings is 2. The van der Waals surface area contributed by atoms with Gasteiger partial charge in [0, 0.05) is 10.2 Å². The Morgan fingerprint density at radius 1 is 1.27 bits per heavy atom. The summed E-state index contributed by atoms with van der Waals surface area (Å²) in [6.07, 6.45) is 0. The van der Waals surface area contributed by atoms with Crippen molar-refractivity contribution < 1.29 is 18.7 Å². The van der Waals surface area contributed by atoms with Gasteiger partial charge in [-0.05, 0) is 36.4 Å². The molecule has 0 spiro atoms. The summed E-state index contributed by atoms with van der Waals surface area (Å²) < 4.78 is 24.3. The first-order chi connectivity index (χ1) is 10.5. The molecule has 0 atom stereocenters. The van der Waals surface area contributed by atoms with Gasteiger partial charge in [0.2, 0.25) is 0 Å². The number of ether oxygens (including phenoxy) is 2. The molecule has 2 aromatic carbocycles. The van der Waals surface area contributed by atoms with Crippen LogP contribution in [0.1, 0.15) is 0 Å². The van der Waals surface area contributed by atoms with E-state index in [1.165, 1.54) is 19.2 Å². The Hall–Kier alpha value is -1.79. The minimum atomic E-state index is -0.547. The number of anilines is 1. The number of nitrogens with one attached hydrogen (secondary N) is 1. The van der Waals surface area contributed by atoms with Crippen molar-refractivity contribution >= 4 is 39.1 Å². The van der Waals surface area contributed by atoms with Crippen LogP contribution >= 0.6 is 27.5 Å². The van der Waals surface area contributed by atoms with Crippen LogP contribution in [0.25, 0.3) is 0 Å². The molecule has 116 valence electrons. The first-order valence-electron chi connectivity index (χ1n) is 6.21. The second-order valence-electron chi connectivity index (χ2n) is 4.26. The van der Waals surface area contributed by atoms with Gasteiger partial charge in [0.25, 0.3) is 5.91 Å². The minimum absolute atomic E-state index is 0.00566. The molecule has 7 heteroatoms. The van der Waals surface area contributed by atoms with Crippen molar-refractivity contribution in [2.45, 2.75) is 0 Å². The highest BCUT2D eigenvalue weighted by atomic mass is 79.9. The average molecular weight is 389 g/mol. The first kappa shape index (κ1) is 16.6. The smallest absolute Gasteiger partial charge is 0.262 e. The van der Waals surface area contributed by atoms with Gasteiger partial charge in [-0.25, -0.2) is 4.39 Å². The van der Waals surface area contributed by atoms with Gasteiger partial charge in [0.15, 0.2) is 18.2 Å². The maximum atomic E-state index is 13.5. The van der Waals surface area contributed by atoms with Crippen molar-refractivity contribution in [3.05, 3.63) is 51.7 Å². The van der Waals surface area contributed by atoms with Crippen LogP contribution in [-0.2, 0) is 4.79 Å². The van der Waals surface area contributed by atoms with E-state index in [0.29, 0.717) is 20.9 Å². The lowest BCUT2D eigenvalue weighted by molar-refractivity contribution is -0.118. The lowest BCUT2D eigenvalue weighted by atomic mass is 10.3. The summed E-state index contributed by atoms with van der Waals surface area (Å²) in [6.45, 7) is -0.317. The zero-order chi connectivity index (χ0) is 16.1. The molecule has 0 aliphatic carbocycles. The average Bonchev–Trinajstić information content (AvgIpc) is 2.46. The molecule has 0 saturated carbocycles. The van der Waals surface area contributed by atoms with Crippen LogP contribution in [0.5, 0.6) is 11.5 Å². The van der Waals surface area contributed by atoms with Crippen molar-refractivity contribution in [1.29, 1.82) is 0 Å². The third kappa shape index (κ3) is 4.35. The summed E-state index contributed by atoms with van der Waals surface area (Å²) in [5, 5.41) is 2.97. The van der Waals surface area contributed by atoms with Crippen molar-refractivity contribution in [2.75, 3.05) is 19.0 Å². The number of hydrogen-bond acceptors (Lipinski definition) is 3. The number of rotatable bonds is 5. The van der Waals surface area contributed by atoms with Crippen LogP contribution in [0.4, 0.5) is 10.1 Å². The summed E-state index contributed by atoms with van der Waals surface area (Å²) in [6, 6.07) is 9.15. The normalized spacial score (nSPS) is 10.2. The quantitative estimate of drug-likeness (QED) is 0.832. The van der Waals surface area contributed by atoms with Crippen molar-refractivity contribution in [3.63, 3.8) is 0 Å². The molecule has 0 aromatic heterocycles. The summed E-state index contributed by atoms with van der Waals surface area (Å²) >= 11 is 9.10. The van der Waals surface area contributed by atoms with Crippen LogP contribution in [0, 0.1) is 5.82 Å². The molecule has 4 nitrogen and oxygen atoms in total. The Balaban J connectivity index is 1.94. The maximum Gasteiger partial charge on any atom is 0.262 e. The molecule has 0 heterocycles. The van der Waals surface area contributed by atoms with Crippen LogP contribution in [0.2, 0.25) is 5.02 Å². The van der Waals surface area contributed by atoms with Crippen LogP contribution < -0.4 is 14.8 Å². The maximum absolute atomic E-state index is 13.5. The Morgan fingerprint density at radius 3 is 2.64 bits per heavy atom. The standard InChI is InChI=1S/C15H12BrClFNO3/c1-21-13-5-3-10(7-11(13)17)19-15(20)8-22-14-4-2-9(16)6-12(14)18/h2-7H,8H2,1H3,(H,19,20). The molecule has 0 aliphatic heterocycles. The Morgan fingerprint density at radius 2 is 2.00 bits per heavy atom. The molecular formula is C15H12BrClFNO3. The molecular weight excluding hydrogens is 377 g/mol. The highest BCUT2D eigenvalue weighted by Gasteiger charge is 2.09. The van der Waals surface area contributed by atoms with E-state index in [0.717, 1.165) is 0 Å². The van der Waals surface area contributed by atoms with Crippen molar-refractivity contribution in [3.8, 4) is 11.5 Å². The zero-order valence-corrected chi connectivity index (χ0v) is 13.9. The molecule has 2 rings (SSSR count). The summed E-state index contributed by atoms with van der Waals surface area (Å²) in [7, 11) is 1.50. The Kier molecular flexibility index (Phi) is 5.63. The van der Waals surface area contributed by atoms with Gasteiger partial charge < -0.3 is 14.8 Å². The highest BCUT2D eigenvalue weighted by Crippen LogP contribution is 2.27. The van der Waals surface area contributed by atoms with Gasteiger partial charge in [-0.3, -0.25) is 4.79 Å². The van der Waals surface area contributed by atoms with Gasteiger partial charge in [-0.1, -0.05) is 27.5 Å². The number of methoxy groups -OCH3 is 1. The predicted octanol–water partition coefficient (Wildman–Crippen LogP) is 4.27. The highest BCUT2D eigenvalue weighted by molar-refractivity contribution is 9.10. The summed E-state index contributed by atoms with van der Waals surface area (Å²) in [4.78, 5) is 11.8. The van der Waals surface area contributed by atoms with Crippen LogP contribution in [0.15, 0.2) is 40.9 Å². The number of amides is 1. The summed E-state index contributed by atoms with van der Waals surface area (Å²) in [5.74, 6) is -0.461. The largest absolute Gasteiger partial charge is 0.495 e. The molecule has 0 saturated heterocycles. The van der Waals surface area contributed by atoms with E-state index >= 15 is 0 Å². The van der Waals surface area contributed by atoms with Gasteiger partial charge >= 0.3 is 0 Å². The number of carbonyl (C=O) groups is 1. The minimum Gasteiger partial charge on any atom is -0.495 e. The third-order valence-corrected chi connectivity index (χ3v) is 3.48. The second kappa shape index (κ2) is 7.47. The first-order valence-corrected chi connectivity index (χ1v) is 7.38. The SMILES string of the molecule is COc1ccc(NC(=O)COc2ccc(Br)cc2F)cc1Cl. The van der Waals surface area contributed by atoms with Crippen LogP contribution in [0.3, 0.4) is 0 Å². The molecule has 0 unspecified atom stereocenters. The van der Waals surface area contributed by atoms with E-state index in [2.05, 4.69) is 21.2 Å². The van der Waals surface area contributed by atoms with Gasteiger partial charge in [-0.15, -0.1) is 0 Å². The van der Waals surface area contributed by atoms with E-state index in [4.69, 9.17) is 21.1 Å². The molecule has 0 bridgehead atoms. The molecule has 1 amide bonds. The van der Waals surface area contributed by atoms with E-state index in [1.54, 1.807) is 24.3 Å². The van der Waals surface area contributed by atoms with Gasteiger partial charge in [0.1, 0.15) is 5.75 Å². The van der Waals surface area contributed by atoms with E-state index in [9.17, 15) is 9.18 Å². The molecule has 1 N–H and O–H groups in total. The number of halogens is 3. The van der Waals surface area contributed by atoms with Crippen molar-refractivity contribution in [2.24, 2.45) is 0 Å². The van der Waals surface area contributed by atoms with Gasteiger partial charge in [-0.2, -0.15) is 0 Å². The number of hydrogen-bond donors (Lipinski definition) is 1. The Labute approximate surface area is 140 Å². The molecule has 0 aliphatic rings. The summed E-state index contributed by atoms with van der Waals surface area (Å²) in [5.41, 5.74) is 0.496. The fraction of sp³-hybridized carbons (Fsp3) is 0.133. The zero-order valence-electron chi connectivity index (χ0n) is 11.5. The lowest BCUT2D eigenvalue weighted by Crippen LogP contribution is -2.20. The molecule has 0 fully saturated rings. The Bertz CT molecular complexity index is 696. The van der Waals surface area contributed by atoms with E-state index in [1.807, 2.05) is 0 Å². The molecule has 0 radical (unpaired) electrons. The fourth-order valence-electron chi connectivity index (χ4n) is 1.68. The molecule has 2 aromatic rings. The monoisotopic (exact) mass is 387 g/mol. The van der Waals surface area contributed by atoms with E-state index in [-0.39, 0.29) is 12.4 Å². The third-order valence-electron chi connectivity index (χ3n) is 2.69. The van der Waals surface area contributed by atoms with Crippen LogP contribution in [-0.4, -0.2) is 19.6 Å². The topological polar surface area (TPSA) is 47.6 Å². The van der Waals surface area contributed by atoms with E-state index < -0.39 is 11.7 Å². The van der Waals surface area contributed by atoms with Gasteiger partial charge in [0.05, 0.1) is 12.1 Å². The van der Waals surface area contributed by atoms with Crippen molar-refractivity contribution in [1.82, 2.24) is 0 Å². The molecule has 22 heavy (non-hydrogen) atoms. The lowest BCUT2D eigenvalue weighted by Gasteiger charge is -2.09. The predicted molar refractivity (Wildman–Crippen MR) is 86.2 cm³/mol. The number of carbonyl (C=O) groups excluding carboxylic acids is 1. The second-order valence-corrected chi connectivity index (χ2v) is 5.58.